The van der Waals surface area contributed by atoms with Crippen molar-refractivity contribution in [2.45, 2.75) is 52.7 Å². The normalized spacial score (nSPS) is 22.8. The summed E-state index contributed by atoms with van der Waals surface area (Å²) < 4.78 is 0. The van der Waals surface area contributed by atoms with Crippen molar-refractivity contribution in [1.29, 1.82) is 0 Å². The molecule has 5 heteroatoms. The van der Waals surface area contributed by atoms with E-state index in [-0.39, 0.29) is 0 Å². The van der Waals surface area contributed by atoms with Gasteiger partial charge in [0.05, 0.1) is 0 Å². The Morgan fingerprint density at radius 1 is 1.21 bits per heavy atom. The van der Waals surface area contributed by atoms with Crippen LogP contribution in [0.5, 0.6) is 0 Å². The maximum Gasteiger partial charge on any atom is 0.274 e. The van der Waals surface area contributed by atoms with Gasteiger partial charge in [-0.2, -0.15) is 0 Å². The molecule has 1 aromatic carbocycles. The first kappa shape index (κ1) is 18.9. The predicted octanol–water partition coefficient (Wildman–Crippen LogP) is 2.75. The summed E-state index contributed by atoms with van der Waals surface area (Å²) in [5, 5.41) is 8.67. The zero-order valence-electron chi connectivity index (χ0n) is 15.3. The van der Waals surface area contributed by atoms with Gasteiger partial charge in [0.25, 0.3) is 5.91 Å². The Bertz CT molecular complexity index is 518. The molecule has 1 heterocycles. The molecule has 24 heavy (non-hydrogen) atoms. The number of amides is 1. The van der Waals surface area contributed by atoms with Crippen LogP contribution in [0.25, 0.3) is 0 Å². The van der Waals surface area contributed by atoms with Crippen LogP contribution in [0.1, 0.15) is 50.0 Å². The Morgan fingerprint density at radius 2 is 1.79 bits per heavy atom. The molecule has 0 aromatic heterocycles. The lowest BCUT2D eigenvalue weighted by atomic mass is 10.0. The van der Waals surface area contributed by atoms with Crippen LogP contribution in [0.4, 0.5) is 0 Å². The lowest BCUT2D eigenvalue weighted by Crippen LogP contribution is -2.56. The predicted molar refractivity (Wildman–Crippen MR) is 96.1 cm³/mol. The second-order valence-electron chi connectivity index (χ2n) is 7.45. The standard InChI is InChI=1S/C19H31N3O2/c1-14(2)9-10-22-15(3)11-21(12-16(22)4)13-17-5-7-18(8-6-17)19(23)20-24/h5-8,14-16,24H,9-13H2,1-4H3,(H,20,23). The average molecular weight is 333 g/mol. The number of hydroxylamine groups is 1. The molecule has 0 spiro atoms. The minimum absolute atomic E-state index is 0.470. The molecule has 2 unspecified atom stereocenters. The van der Waals surface area contributed by atoms with Crippen LogP contribution in [0.3, 0.4) is 0 Å². The van der Waals surface area contributed by atoms with Gasteiger partial charge in [0.15, 0.2) is 0 Å². The first-order valence-corrected chi connectivity index (χ1v) is 8.92. The molecule has 0 saturated carbocycles. The van der Waals surface area contributed by atoms with Crippen LogP contribution in [-0.2, 0) is 6.54 Å². The number of carbonyl (C=O) groups excluding carboxylic acids is 1. The van der Waals surface area contributed by atoms with Gasteiger partial charge >= 0.3 is 0 Å². The van der Waals surface area contributed by atoms with Gasteiger partial charge in [-0.1, -0.05) is 26.0 Å². The average Bonchev–Trinajstić information content (AvgIpc) is 2.53. The summed E-state index contributed by atoms with van der Waals surface area (Å²) in [6, 6.07) is 8.56. The van der Waals surface area contributed by atoms with Gasteiger partial charge in [-0.05, 0) is 50.4 Å². The van der Waals surface area contributed by atoms with Crippen LogP contribution in [0.2, 0.25) is 0 Å². The van der Waals surface area contributed by atoms with Crippen molar-refractivity contribution < 1.29 is 10.0 Å². The fraction of sp³-hybridized carbons (Fsp3) is 0.632. The lowest BCUT2D eigenvalue weighted by Gasteiger charge is -2.45. The smallest absolute Gasteiger partial charge is 0.274 e. The molecule has 1 aromatic rings. The van der Waals surface area contributed by atoms with Gasteiger partial charge in [-0.15, -0.1) is 0 Å². The maximum atomic E-state index is 11.4. The monoisotopic (exact) mass is 333 g/mol. The summed E-state index contributed by atoms with van der Waals surface area (Å²) in [4.78, 5) is 16.5. The SMILES string of the molecule is CC(C)CCN1C(C)CN(Cc2ccc(C(=O)NO)cc2)CC1C. The molecule has 134 valence electrons. The molecule has 2 N–H and O–H groups in total. The zero-order chi connectivity index (χ0) is 17.7. The summed E-state index contributed by atoms with van der Waals surface area (Å²) in [5.41, 5.74) is 3.33. The molecule has 1 aliphatic rings. The van der Waals surface area contributed by atoms with Crippen LogP contribution in [-0.4, -0.2) is 52.6 Å². The number of nitrogens with one attached hydrogen (secondary N) is 1. The van der Waals surface area contributed by atoms with Gasteiger partial charge in [-0.25, -0.2) is 5.48 Å². The fourth-order valence-corrected chi connectivity index (χ4v) is 3.53. The number of hydrogen-bond donors (Lipinski definition) is 2. The van der Waals surface area contributed by atoms with E-state index in [1.165, 1.54) is 18.5 Å². The van der Waals surface area contributed by atoms with E-state index in [2.05, 4.69) is 37.5 Å². The van der Waals surface area contributed by atoms with Crippen LogP contribution in [0, 0.1) is 5.92 Å². The van der Waals surface area contributed by atoms with Crippen molar-refractivity contribution in [3.8, 4) is 0 Å². The third kappa shape index (κ3) is 5.03. The minimum atomic E-state index is -0.470. The van der Waals surface area contributed by atoms with E-state index in [0.717, 1.165) is 25.6 Å². The van der Waals surface area contributed by atoms with Crippen LogP contribution in [0.15, 0.2) is 24.3 Å². The number of hydrogen-bond acceptors (Lipinski definition) is 4. The molecular weight excluding hydrogens is 302 g/mol. The van der Waals surface area contributed by atoms with E-state index in [9.17, 15) is 4.79 Å². The van der Waals surface area contributed by atoms with E-state index in [1.54, 1.807) is 17.6 Å². The number of nitrogens with zero attached hydrogens (tertiary/aromatic N) is 2. The van der Waals surface area contributed by atoms with Crippen molar-refractivity contribution in [3.63, 3.8) is 0 Å². The van der Waals surface area contributed by atoms with Crippen LogP contribution < -0.4 is 5.48 Å². The first-order chi connectivity index (χ1) is 11.4. The zero-order valence-corrected chi connectivity index (χ0v) is 15.3. The van der Waals surface area contributed by atoms with Gasteiger partial charge in [0.2, 0.25) is 0 Å². The van der Waals surface area contributed by atoms with Crippen molar-refractivity contribution >= 4 is 5.91 Å². The molecule has 0 aliphatic carbocycles. The molecular formula is C19H31N3O2. The summed E-state index contributed by atoms with van der Waals surface area (Å²) in [6.07, 6.45) is 1.25. The fourth-order valence-electron chi connectivity index (χ4n) is 3.53. The van der Waals surface area contributed by atoms with Crippen molar-refractivity contribution in [3.05, 3.63) is 35.4 Å². The maximum absolute atomic E-state index is 11.4. The van der Waals surface area contributed by atoms with E-state index < -0.39 is 5.91 Å². The van der Waals surface area contributed by atoms with E-state index in [1.807, 2.05) is 12.1 Å². The second-order valence-corrected chi connectivity index (χ2v) is 7.45. The largest absolute Gasteiger partial charge is 0.296 e. The van der Waals surface area contributed by atoms with Gasteiger partial charge < -0.3 is 0 Å². The van der Waals surface area contributed by atoms with E-state index >= 15 is 0 Å². The third-order valence-corrected chi connectivity index (χ3v) is 4.87. The number of rotatable bonds is 6. The summed E-state index contributed by atoms with van der Waals surface area (Å²) in [6.45, 7) is 13.4. The quantitative estimate of drug-likeness (QED) is 0.621. The third-order valence-electron chi connectivity index (χ3n) is 4.87. The molecule has 1 fully saturated rings. The Balaban J connectivity index is 1.91. The van der Waals surface area contributed by atoms with Gasteiger partial charge in [0, 0.05) is 37.3 Å². The highest BCUT2D eigenvalue weighted by atomic mass is 16.5. The molecule has 1 saturated heterocycles. The summed E-state index contributed by atoms with van der Waals surface area (Å²) >= 11 is 0. The van der Waals surface area contributed by atoms with Crippen molar-refractivity contribution in [1.82, 2.24) is 15.3 Å². The van der Waals surface area contributed by atoms with E-state index in [4.69, 9.17) is 5.21 Å². The Hall–Kier alpha value is -1.43. The number of benzene rings is 1. The highest BCUT2D eigenvalue weighted by Gasteiger charge is 2.28. The van der Waals surface area contributed by atoms with Crippen molar-refractivity contribution in [2.24, 2.45) is 5.92 Å². The summed E-state index contributed by atoms with van der Waals surface area (Å²) in [7, 11) is 0. The number of piperazine rings is 1. The lowest BCUT2D eigenvalue weighted by molar-refractivity contribution is 0.0320. The van der Waals surface area contributed by atoms with Crippen LogP contribution >= 0.6 is 0 Å². The Kier molecular flexibility index (Phi) is 6.78. The van der Waals surface area contributed by atoms with Gasteiger partial charge in [-0.3, -0.25) is 19.8 Å². The molecule has 1 amide bonds. The van der Waals surface area contributed by atoms with Crippen molar-refractivity contribution in [2.75, 3.05) is 19.6 Å². The highest BCUT2D eigenvalue weighted by Crippen LogP contribution is 2.19. The second kappa shape index (κ2) is 8.60. The highest BCUT2D eigenvalue weighted by molar-refractivity contribution is 5.93. The Labute approximate surface area is 145 Å². The van der Waals surface area contributed by atoms with Gasteiger partial charge in [0.1, 0.15) is 0 Å². The minimum Gasteiger partial charge on any atom is -0.296 e. The molecule has 5 nitrogen and oxygen atoms in total. The molecule has 0 radical (unpaired) electrons. The molecule has 2 rings (SSSR count). The molecule has 1 aliphatic heterocycles. The van der Waals surface area contributed by atoms with E-state index in [0.29, 0.717) is 17.6 Å². The first-order valence-electron chi connectivity index (χ1n) is 8.92. The molecule has 2 atom stereocenters. The molecule has 0 bridgehead atoms. The Morgan fingerprint density at radius 3 is 2.29 bits per heavy atom. The summed E-state index contributed by atoms with van der Waals surface area (Å²) in [5.74, 6) is 0.277. The number of carbonyl (C=O) groups is 1. The topological polar surface area (TPSA) is 55.8 Å².